The third-order valence-electron chi connectivity index (χ3n) is 6.27. The molecule has 200 valence electrons. The quantitative estimate of drug-likeness (QED) is 0.370. The van der Waals surface area contributed by atoms with Gasteiger partial charge < -0.3 is 23.5 Å². The maximum atomic E-state index is 13.8. The predicted molar refractivity (Wildman–Crippen MR) is 151 cm³/mol. The molecule has 2 aliphatic rings. The molecule has 9 nitrogen and oxygen atoms in total. The van der Waals surface area contributed by atoms with Crippen LogP contribution in [0.4, 0.5) is 5.88 Å². The third-order valence-corrected chi connectivity index (χ3v) is 8.44. The van der Waals surface area contributed by atoms with Crippen molar-refractivity contribution in [3.63, 3.8) is 0 Å². The number of allylic oxidation sites excluding steroid dienone is 1. The van der Waals surface area contributed by atoms with Gasteiger partial charge in [0, 0.05) is 25.2 Å². The van der Waals surface area contributed by atoms with Crippen molar-refractivity contribution >= 4 is 61.1 Å². The average molecular weight is 667 g/mol. The van der Waals surface area contributed by atoms with E-state index >= 15 is 0 Å². The van der Waals surface area contributed by atoms with Crippen LogP contribution in [0, 0.1) is 0 Å². The van der Waals surface area contributed by atoms with Gasteiger partial charge in [0.1, 0.15) is 11.5 Å². The van der Waals surface area contributed by atoms with Gasteiger partial charge in [-0.1, -0.05) is 17.4 Å². The molecule has 0 spiro atoms. The number of ether oxygens (including phenoxy) is 3. The molecule has 1 saturated heterocycles. The second-order valence-corrected chi connectivity index (χ2v) is 11.3. The van der Waals surface area contributed by atoms with Crippen LogP contribution in [-0.2, 0) is 14.3 Å². The van der Waals surface area contributed by atoms with E-state index < -0.39 is 12.0 Å². The maximum absolute atomic E-state index is 13.8. The number of rotatable bonds is 6. The Hall–Kier alpha value is -2.67. The number of halogens is 2. The zero-order valence-corrected chi connectivity index (χ0v) is 24.9. The number of carbonyl (C=O) groups is 1. The number of methoxy groups -OCH3 is 1. The Labute approximate surface area is 239 Å². The summed E-state index contributed by atoms with van der Waals surface area (Å²) in [6, 6.07) is 6.59. The molecule has 1 atom stereocenters. The lowest BCUT2D eigenvalue weighted by Gasteiger charge is -2.26. The van der Waals surface area contributed by atoms with Gasteiger partial charge in [-0.3, -0.25) is 9.36 Å². The zero-order chi connectivity index (χ0) is 27.0. The number of morpholine rings is 1. The largest absolute Gasteiger partial charge is 0.496 e. The molecule has 1 aromatic carbocycles. The fraction of sp³-hybridized carbons (Fsp3) is 0.346. The van der Waals surface area contributed by atoms with Gasteiger partial charge in [-0.25, -0.2) is 9.79 Å². The van der Waals surface area contributed by atoms with Crippen LogP contribution in [-0.4, -0.2) is 50.6 Å². The summed E-state index contributed by atoms with van der Waals surface area (Å²) in [4.78, 5) is 34.1. The molecule has 5 rings (SSSR count). The van der Waals surface area contributed by atoms with Crippen molar-refractivity contribution in [2.24, 2.45) is 4.99 Å². The Balaban J connectivity index is 1.64. The van der Waals surface area contributed by atoms with Gasteiger partial charge in [-0.05, 0) is 63.4 Å². The molecule has 0 aliphatic carbocycles. The van der Waals surface area contributed by atoms with Crippen molar-refractivity contribution in [3.05, 3.63) is 75.5 Å². The van der Waals surface area contributed by atoms with Gasteiger partial charge in [0.05, 0.1) is 57.7 Å². The molecule has 2 aromatic heterocycles. The van der Waals surface area contributed by atoms with E-state index in [2.05, 4.69) is 41.8 Å². The van der Waals surface area contributed by atoms with Crippen molar-refractivity contribution in [2.75, 3.05) is 44.9 Å². The fourth-order valence-electron chi connectivity index (χ4n) is 4.52. The van der Waals surface area contributed by atoms with E-state index in [9.17, 15) is 9.59 Å². The molecule has 38 heavy (non-hydrogen) atoms. The Kier molecular flexibility index (Phi) is 7.94. The van der Waals surface area contributed by atoms with Crippen molar-refractivity contribution in [2.45, 2.75) is 19.9 Å². The summed E-state index contributed by atoms with van der Waals surface area (Å²) < 4.78 is 25.8. The van der Waals surface area contributed by atoms with Gasteiger partial charge in [0.25, 0.3) is 5.56 Å². The minimum absolute atomic E-state index is 0.206. The highest BCUT2D eigenvalue weighted by atomic mass is 79.9. The predicted octanol–water partition coefficient (Wildman–Crippen LogP) is 3.76. The highest BCUT2D eigenvalue weighted by Gasteiger charge is 2.33. The zero-order valence-electron chi connectivity index (χ0n) is 21.0. The monoisotopic (exact) mass is 665 g/mol. The first-order valence-electron chi connectivity index (χ1n) is 12.0. The summed E-state index contributed by atoms with van der Waals surface area (Å²) in [5, 5.41) is 0. The Morgan fingerprint density at radius 2 is 2.00 bits per heavy atom. The van der Waals surface area contributed by atoms with Crippen LogP contribution < -0.4 is 24.5 Å². The topological polar surface area (TPSA) is 95.5 Å². The second kappa shape index (κ2) is 11.2. The molecular formula is C26H25Br2N3O6S. The molecule has 4 heterocycles. The number of fused-ring (bicyclic) bond motifs is 1. The Bertz CT molecular complexity index is 1600. The molecule has 0 amide bonds. The van der Waals surface area contributed by atoms with E-state index in [1.807, 2.05) is 18.2 Å². The summed E-state index contributed by atoms with van der Waals surface area (Å²) in [5.41, 5.74) is 1.26. The summed E-state index contributed by atoms with van der Waals surface area (Å²) in [5.74, 6) is 1.37. The molecule has 12 heteroatoms. The SMILES string of the molecule is CCOC(=O)C1=C(C)N=c2s/c(=C/c3cc(Br)c(N4CCOCC4)o3)c(=O)n2[C@@H]1c1ccc(OC)c(Br)c1. The first-order chi connectivity index (χ1) is 18.3. The van der Waals surface area contributed by atoms with E-state index in [1.165, 1.54) is 11.3 Å². The smallest absolute Gasteiger partial charge is 0.338 e. The minimum atomic E-state index is -0.720. The van der Waals surface area contributed by atoms with Crippen LogP contribution in [0.2, 0.25) is 0 Å². The highest BCUT2D eigenvalue weighted by Crippen LogP contribution is 2.35. The fourth-order valence-corrected chi connectivity index (χ4v) is 6.66. The molecule has 0 radical (unpaired) electrons. The first-order valence-corrected chi connectivity index (χ1v) is 14.4. The van der Waals surface area contributed by atoms with E-state index in [-0.39, 0.29) is 12.2 Å². The Morgan fingerprint density at radius 3 is 2.68 bits per heavy atom. The maximum Gasteiger partial charge on any atom is 0.338 e. The molecule has 0 N–H and O–H groups in total. The van der Waals surface area contributed by atoms with Gasteiger partial charge in [0.15, 0.2) is 4.80 Å². The number of esters is 1. The second-order valence-electron chi connectivity index (χ2n) is 8.60. The van der Waals surface area contributed by atoms with Crippen LogP contribution in [0.1, 0.15) is 31.2 Å². The van der Waals surface area contributed by atoms with E-state index in [0.29, 0.717) is 55.7 Å². The lowest BCUT2D eigenvalue weighted by Crippen LogP contribution is -2.39. The number of thiazole rings is 1. The number of hydrogen-bond donors (Lipinski definition) is 0. The van der Waals surface area contributed by atoms with Crippen molar-refractivity contribution in [1.82, 2.24) is 4.57 Å². The van der Waals surface area contributed by atoms with Crippen LogP contribution >= 0.6 is 43.2 Å². The summed E-state index contributed by atoms with van der Waals surface area (Å²) in [6.07, 6.45) is 1.71. The van der Waals surface area contributed by atoms with Crippen LogP contribution in [0.5, 0.6) is 5.75 Å². The number of anilines is 1. The molecule has 0 unspecified atom stereocenters. The lowest BCUT2D eigenvalue weighted by atomic mass is 9.96. The number of benzene rings is 1. The number of hydrogen-bond acceptors (Lipinski definition) is 9. The minimum Gasteiger partial charge on any atom is -0.496 e. The van der Waals surface area contributed by atoms with Gasteiger partial charge in [-0.15, -0.1) is 0 Å². The van der Waals surface area contributed by atoms with Crippen molar-refractivity contribution in [3.8, 4) is 5.75 Å². The van der Waals surface area contributed by atoms with Crippen molar-refractivity contribution in [1.29, 1.82) is 0 Å². The van der Waals surface area contributed by atoms with E-state index in [1.54, 1.807) is 37.7 Å². The van der Waals surface area contributed by atoms with Crippen LogP contribution in [0.25, 0.3) is 6.08 Å². The van der Waals surface area contributed by atoms with Crippen LogP contribution in [0.3, 0.4) is 0 Å². The van der Waals surface area contributed by atoms with E-state index in [4.69, 9.17) is 18.6 Å². The van der Waals surface area contributed by atoms with Gasteiger partial charge in [-0.2, -0.15) is 0 Å². The molecular weight excluding hydrogens is 642 g/mol. The van der Waals surface area contributed by atoms with Gasteiger partial charge in [0.2, 0.25) is 5.88 Å². The summed E-state index contributed by atoms with van der Waals surface area (Å²) >= 11 is 8.35. The van der Waals surface area contributed by atoms with Gasteiger partial charge >= 0.3 is 5.97 Å². The number of nitrogens with zero attached hydrogens (tertiary/aromatic N) is 3. The standard InChI is InChI=1S/C26H25Br2N3O6S/c1-4-36-25(33)21-14(2)29-26-31(22(21)15-5-6-19(34-3)17(27)11-15)23(32)20(38-26)13-16-12-18(28)24(37-16)30-7-9-35-10-8-30/h5-6,11-13,22H,4,7-10H2,1-3H3/b20-13+/t22-/m1/s1. The number of carbonyl (C=O) groups excluding carboxylic acids is 1. The Morgan fingerprint density at radius 1 is 1.24 bits per heavy atom. The third kappa shape index (κ3) is 5.02. The molecule has 2 aliphatic heterocycles. The van der Waals surface area contributed by atoms with Crippen molar-refractivity contribution < 1.29 is 23.4 Å². The summed E-state index contributed by atoms with van der Waals surface area (Å²) in [6.45, 7) is 6.41. The molecule has 0 bridgehead atoms. The van der Waals surface area contributed by atoms with Crippen LogP contribution in [0.15, 0.2) is 58.7 Å². The lowest BCUT2D eigenvalue weighted by molar-refractivity contribution is -0.139. The molecule has 1 fully saturated rings. The molecule has 3 aromatic rings. The van der Waals surface area contributed by atoms with E-state index in [0.717, 1.165) is 23.1 Å². The number of aromatic nitrogens is 1. The normalized spacial score (nSPS) is 17.9. The summed E-state index contributed by atoms with van der Waals surface area (Å²) in [7, 11) is 1.58. The first kappa shape index (κ1) is 26.9. The number of furan rings is 1. The average Bonchev–Trinajstić information content (AvgIpc) is 3.42. The molecule has 0 saturated carbocycles. The highest BCUT2D eigenvalue weighted by molar-refractivity contribution is 9.11.